The molecule has 24 heavy (non-hydrogen) atoms. The third-order valence-electron chi connectivity index (χ3n) is 4.52. The van der Waals surface area contributed by atoms with Gasteiger partial charge in [-0.25, -0.2) is 0 Å². The van der Waals surface area contributed by atoms with Crippen molar-refractivity contribution in [2.75, 3.05) is 13.7 Å². The molecule has 1 N–H and O–H groups in total. The Morgan fingerprint density at radius 2 is 1.88 bits per heavy atom. The van der Waals surface area contributed by atoms with Crippen molar-refractivity contribution in [3.63, 3.8) is 0 Å². The number of ether oxygens (including phenoxy) is 1. The van der Waals surface area contributed by atoms with Gasteiger partial charge in [0.1, 0.15) is 5.75 Å². The van der Waals surface area contributed by atoms with E-state index in [1.165, 1.54) is 22.0 Å². The van der Waals surface area contributed by atoms with Crippen LogP contribution in [-0.4, -0.2) is 23.5 Å². The van der Waals surface area contributed by atoms with E-state index in [9.17, 15) is 0 Å². The Morgan fingerprint density at radius 3 is 2.62 bits per heavy atom. The zero-order chi connectivity index (χ0) is 16.4. The van der Waals surface area contributed by atoms with Crippen molar-refractivity contribution < 1.29 is 4.74 Å². The van der Waals surface area contributed by atoms with Gasteiger partial charge in [0.25, 0.3) is 0 Å². The van der Waals surface area contributed by atoms with Crippen LogP contribution in [0.15, 0.2) is 79.2 Å². The van der Waals surface area contributed by atoms with Crippen LogP contribution in [0, 0.1) is 0 Å². The molecular weight excluding hydrogens is 296 g/mol. The number of aromatic nitrogens is 1. The maximum atomic E-state index is 5.31. The Balaban J connectivity index is 1.83. The van der Waals surface area contributed by atoms with Crippen molar-refractivity contribution in [3.05, 3.63) is 90.3 Å². The summed E-state index contributed by atoms with van der Waals surface area (Å²) in [7, 11) is 1.70. The molecule has 1 aliphatic rings. The largest absolute Gasteiger partial charge is 0.497 e. The molecule has 0 saturated carbocycles. The molecule has 0 saturated heterocycles. The number of H-pyrrole nitrogens is 1. The molecule has 3 heteroatoms. The predicted molar refractivity (Wildman–Crippen MR) is 98.1 cm³/mol. The van der Waals surface area contributed by atoms with Crippen molar-refractivity contribution in [1.82, 2.24) is 9.88 Å². The Labute approximate surface area is 141 Å². The van der Waals surface area contributed by atoms with Crippen LogP contribution in [0.5, 0.6) is 5.75 Å². The van der Waals surface area contributed by atoms with E-state index in [0.29, 0.717) is 0 Å². The summed E-state index contributed by atoms with van der Waals surface area (Å²) in [6.45, 7) is 0.896. The molecule has 3 nitrogen and oxygen atoms in total. The van der Waals surface area contributed by atoms with Gasteiger partial charge < -0.3 is 14.6 Å². The average molecular weight is 316 g/mol. The van der Waals surface area contributed by atoms with Crippen molar-refractivity contribution in [2.45, 2.75) is 6.04 Å². The molecule has 0 fully saturated rings. The molecular formula is C21H20N2O. The van der Waals surface area contributed by atoms with Crippen LogP contribution in [0.4, 0.5) is 0 Å². The SMILES string of the molecule is COc1ccc(C(c2c[nH]c3ccccc23)N2C=CC=CC2)cc1. The van der Waals surface area contributed by atoms with Crippen LogP contribution >= 0.6 is 0 Å². The third-order valence-corrected chi connectivity index (χ3v) is 4.52. The molecule has 4 rings (SSSR count). The lowest BCUT2D eigenvalue weighted by atomic mass is 9.96. The molecule has 0 aliphatic carbocycles. The zero-order valence-corrected chi connectivity index (χ0v) is 13.6. The number of rotatable bonds is 4. The second-order valence-electron chi connectivity index (χ2n) is 5.93. The first-order valence-electron chi connectivity index (χ1n) is 8.16. The van der Waals surface area contributed by atoms with E-state index in [-0.39, 0.29) is 6.04 Å². The van der Waals surface area contributed by atoms with Crippen molar-refractivity contribution in [2.24, 2.45) is 0 Å². The van der Waals surface area contributed by atoms with Gasteiger partial charge in [-0.05, 0) is 29.8 Å². The molecule has 0 bridgehead atoms. The molecule has 1 aromatic heterocycles. The highest BCUT2D eigenvalue weighted by Gasteiger charge is 2.23. The summed E-state index contributed by atoms with van der Waals surface area (Å²) in [5.74, 6) is 0.880. The zero-order valence-electron chi connectivity index (χ0n) is 13.6. The van der Waals surface area contributed by atoms with Crippen LogP contribution in [0.25, 0.3) is 10.9 Å². The summed E-state index contributed by atoms with van der Waals surface area (Å²) >= 11 is 0. The van der Waals surface area contributed by atoms with Gasteiger partial charge >= 0.3 is 0 Å². The van der Waals surface area contributed by atoms with Crippen LogP contribution in [0.1, 0.15) is 17.2 Å². The van der Waals surface area contributed by atoms with Gasteiger partial charge in [-0.1, -0.05) is 42.5 Å². The quantitative estimate of drug-likeness (QED) is 0.759. The Kier molecular flexibility index (Phi) is 3.83. The van der Waals surface area contributed by atoms with Crippen LogP contribution in [0.3, 0.4) is 0 Å². The summed E-state index contributed by atoms with van der Waals surface area (Å²) in [5, 5.41) is 1.27. The van der Waals surface area contributed by atoms with Crippen LogP contribution in [-0.2, 0) is 0 Å². The molecule has 3 aromatic rings. The minimum atomic E-state index is 0.160. The van der Waals surface area contributed by atoms with Gasteiger partial charge in [0.2, 0.25) is 0 Å². The average Bonchev–Trinajstić information content (AvgIpc) is 3.07. The molecule has 1 unspecified atom stereocenters. The fourth-order valence-electron chi connectivity index (χ4n) is 3.33. The number of methoxy groups -OCH3 is 1. The van der Waals surface area contributed by atoms with Crippen LogP contribution < -0.4 is 4.74 Å². The Bertz CT molecular complexity index is 890. The summed E-state index contributed by atoms with van der Waals surface area (Å²) < 4.78 is 5.31. The normalized spacial score (nSPS) is 15.0. The first kappa shape index (κ1) is 14.6. The molecule has 1 atom stereocenters. The highest BCUT2D eigenvalue weighted by atomic mass is 16.5. The van der Waals surface area contributed by atoms with E-state index in [2.05, 4.69) is 76.9 Å². The molecule has 1 aliphatic heterocycles. The van der Waals surface area contributed by atoms with E-state index in [0.717, 1.165) is 12.3 Å². The topological polar surface area (TPSA) is 28.3 Å². The number of aromatic amines is 1. The summed E-state index contributed by atoms with van der Waals surface area (Å²) in [4.78, 5) is 5.77. The number of fused-ring (bicyclic) bond motifs is 1. The molecule has 2 aromatic carbocycles. The van der Waals surface area contributed by atoms with E-state index < -0.39 is 0 Å². The maximum Gasteiger partial charge on any atom is 0.118 e. The van der Waals surface area contributed by atoms with Gasteiger partial charge in [-0.3, -0.25) is 0 Å². The minimum absolute atomic E-state index is 0.160. The smallest absolute Gasteiger partial charge is 0.118 e. The van der Waals surface area contributed by atoms with Crippen LogP contribution in [0.2, 0.25) is 0 Å². The summed E-state index contributed by atoms with van der Waals surface area (Å²) in [5.41, 5.74) is 3.71. The predicted octanol–water partition coefficient (Wildman–Crippen LogP) is 4.65. The molecule has 0 radical (unpaired) electrons. The van der Waals surface area contributed by atoms with Gasteiger partial charge in [0.15, 0.2) is 0 Å². The lowest BCUT2D eigenvalue weighted by Crippen LogP contribution is -2.25. The van der Waals surface area contributed by atoms with E-state index in [1.807, 2.05) is 12.1 Å². The number of nitrogens with one attached hydrogen (secondary N) is 1. The fourth-order valence-corrected chi connectivity index (χ4v) is 3.33. The van der Waals surface area contributed by atoms with E-state index in [1.54, 1.807) is 7.11 Å². The molecule has 0 spiro atoms. The van der Waals surface area contributed by atoms with Gasteiger partial charge in [0, 0.05) is 35.4 Å². The molecule has 0 amide bonds. The lowest BCUT2D eigenvalue weighted by molar-refractivity contribution is 0.347. The third kappa shape index (κ3) is 2.58. The number of para-hydroxylation sites is 1. The van der Waals surface area contributed by atoms with Crippen molar-refractivity contribution in [3.8, 4) is 5.75 Å². The summed E-state index contributed by atoms with van der Waals surface area (Å²) in [6.07, 6.45) is 10.7. The maximum absolute atomic E-state index is 5.31. The second-order valence-corrected chi connectivity index (χ2v) is 5.93. The number of hydrogen-bond donors (Lipinski definition) is 1. The lowest BCUT2D eigenvalue weighted by Gasteiger charge is -2.31. The van der Waals surface area contributed by atoms with Crippen molar-refractivity contribution in [1.29, 1.82) is 0 Å². The second kappa shape index (κ2) is 6.28. The van der Waals surface area contributed by atoms with Gasteiger partial charge in [-0.2, -0.15) is 0 Å². The Morgan fingerprint density at radius 1 is 1.04 bits per heavy atom. The van der Waals surface area contributed by atoms with Crippen molar-refractivity contribution >= 4 is 10.9 Å². The standard InChI is InChI=1S/C21H20N2O/c1-24-17-11-9-16(10-12-17)21(23-13-5-2-6-14-23)19-15-22-20-8-4-3-7-18(19)20/h2-13,15,21-22H,14H2,1H3. The Hall–Kier alpha value is -2.94. The number of benzene rings is 2. The monoisotopic (exact) mass is 316 g/mol. The number of hydrogen-bond acceptors (Lipinski definition) is 2. The van der Waals surface area contributed by atoms with Gasteiger partial charge in [0.05, 0.1) is 13.2 Å². The molecule has 120 valence electrons. The first-order chi connectivity index (χ1) is 11.9. The fraction of sp³-hybridized carbons (Fsp3) is 0.143. The highest BCUT2D eigenvalue weighted by Crippen LogP contribution is 2.35. The highest BCUT2D eigenvalue weighted by molar-refractivity contribution is 5.84. The first-order valence-corrected chi connectivity index (χ1v) is 8.16. The van der Waals surface area contributed by atoms with E-state index >= 15 is 0 Å². The number of nitrogens with zero attached hydrogens (tertiary/aromatic N) is 1. The van der Waals surface area contributed by atoms with Gasteiger partial charge in [-0.15, -0.1) is 0 Å². The summed E-state index contributed by atoms with van der Waals surface area (Å²) in [6, 6.07) is 17.0. The number of allylic oxidation sites excluding steroid dienone is 2. The van der Waals surface area contributed by atoms with E-state index in [4.69, 9.17) is 4.74 Å². The minimum Gasteiger partial charge on any atom is -0.497 e. The molecule has 2 heterocycles.